The molecule has 0 spiro atoms. The molecule has 4 heterocycles. The number of hydrogen-bond acceptors (Lipinski definition) is 3. The topological polar surface area (TPSA) is 7.65 Å². The second kappa shape index (κ2) is 10.8. The molecule has 0 saturated carbocycles. The van der Waals surface area contributed by atoms with Crippen molar-refractivity contribution in [2.24, 2.45) is 0 Å². The normalized spacial score (nSPS) is 12.0. The first-order valence-corrected chi connectivity index (χ1v) is 18.5. The quantitative estimate of drug-likeness (QED) is 0.181. The van der Waals surface area contributed by atoms with E-state index in [0.29, 0.717) is 0 Å². The van der Waals surface area contributed by atoms with Crippen molar-refractivity contribution in [1.82, 2.24) is 4.40 Å². The molecule has 0 aliphatic carbocycles. The molecule has 0 bridgehead atoms. The van der Waals surface area contributed by atoms with E-state index in [-0.39, 0.29) is 0 Å². The molecule has 0 amide bonds. The molecule has 11 aromatic rings. The van der Waals surface area contributed by atoms with Crippen molar-refractivity contribution in [3.05, 3.63) is 170 Å². The summed E-state index contributed by atoms with van der Waals surface area (Å²) >= 11 is 3.79. The van der Waals surface area contributed by atoms with E-state index in [1.54, 1.807) is 0 Å². The highest BCUT2D eigenvalue weighted by molar-refractivity contribution is 7.27. The third-order valence-corrected chi connectivity index (χ3v) is 12.6. The van der Waals surface area contributed by atoms with E-state index in [1.165, 1.54) is 78.5 Å². The summed E-state index contributed by atoms with van der Waals surface area (Å²) in [6, 6.07) is 58.1. The minimum absolute atomic E-state index is 1.13. The smallest absolute Gasteiger partial charge is 0.0476 e. The Labute approximate surface area is 296 Å². The van der Waals surface area contributed by atoms with Crippen molar-refractivity contribution in [2.45, 2.75) is 0 Å². The van der Waals surface area contributed by atoms with Crippen LogP contribution in [-0.4, -0.2) is 4.40 Å². The highest BCUT2D eigenvalue weighted by Crippen LogP contribution is 2.45. The van der Waals surface area contributed by atoms with Gasteiger partial charge in [-0.15, -0.1) is 22.7 Å². The number of fused-ring (bicyclic) bond motifs is 11. The average Bonchev–Trinajstić information content (AvgIpc) is 3.88. The molecule has 4 aromatic heterocycles. The molecule has 7 aromatic carbocycles. The van der Waals surface area contributed by atoms with Crippen LogP contribution < -0.4 is 4.90 Å². The lowest BCUT2D eigenvalue weighted by atomic mass is 10.0. The monoisotopic (exact) mass is 672 g/mol. The maximum atomic E-state index is 2.42. The Morgan fingerprint density at radius 2 is 0.940 bits per heavy atom. The molecule has 0 atom stereocenters. The first-order valence-electron chi connectivity index (χ1n) is 16.9. The number of nitrogens with zero attached hydrogens (tertiary/aromatic N) is 2. The van der Waals surface area contributed by atoms with Crippen LogP contribution in [0.5, 0.6) is 0 Å². The standard InChI is InChI=1S/C46H28N2S2/c1-3-10-37-30(7-1)14-20-41-39-22-18-35(26-43(39)49-45(37)41)48(33-16-12-29(13-17-33)32-25-34-9-5-6-24-47(34)28-32)36-19-23-40-42-21-15-31-8-2-4-11-38(31)46(42)50-44(40)27-36/h1-28H. The van der Waals surface area contributed by atoms with E-state index in [9.17, 15) is 0 Å². The predicted octanol–water partition coefficient (Wildman–Crippen LogP) is 14.1. The minimum atomic E-state index is 1.13. The van der Waals surface area contributed by atoms with Crippen molar-refractivity contribution in [3.8, 4) is 11.1 Å². The van der Waals surface area contributed by atoms with Crippen molar-refractivity contribution < 1.29 is 0 Å². The zero-order chi connectivity index (χ0) is 32.8. The summed E-state index contributed by atoms with van der Waals surface area (Å²) < 4.78 is 7.48. The Balaban J connectivity index is 1.09. The zero-order valence-electron chi connectivity index (χ0n) is 26.9. The third-order valence-electron chi connectivity index (χ3n) is 10.2. The van der Waals surface area contributed by atoms with Crippen LogP contribution in [0.3, 0.4) is 0 Å². The first-order chi connectivity index (χ1) is 24.7. The van der Waals surface area contributed by atoms with E-state index in [1.807, 2.05) is 22.7 Å². The summed E-state index contributed by atoms with van der Waals surface area (Å²) in [4.78, 5) is 2.42. The Morgan fingerprint density at radius 3 is 1.54 bits per heavy atom. The van der Waals surface area contributed by atoms with Gasteiger partial charge < -0.3 is 9.30 Å². The van der Waals surface area contributed by atoms with Gasteiger partial charge in [0.2, 0.25) is 0 Å². The van der Waals surface area contributed by atoms with Gasteiger partial charge in [0, 0.05) is 80.9 Å². The lowest BCUT2D eigenvalue weighted by Crippen LogP contribution is -2.09. The highest BCUT2D eigenvalue weighted by atomic mass is 32.1. The lowest BCUT2D eigenvalue weighted by Gasteiger charge is -2.26. The number of anilines is 3. The summed E-state index contributed by atoms with van der Waals surface area (Å²) in [6.45, 7) is 0. The van der Waals surface area contributed by atoms with Gasteiger partial charge in [-0.25, -0.2) is 0 Å². The number of pyridine rings is 1. The molecule has 0 unspecified atom stereocenters. The van der Waals surface area contributed by atoms with Gasteiger partial charge in [0.25, 0.3) is 0 Å². The van der Waals surface area contributed by atoms with Crippen LogP contribution in [0.1, 0.15) is 0 Å². The molecule has 4 heteroatoms. The van der Waals surface area contributed by atoms with Crippen molar-refractivity contribution in [1.29, 1.82) is 0 Å². The van der Waals surface area contributed by atoms with Gasteiger partial charge in [0.1, 0.15) is 0 Å². The molecule has 0 fully saturated rings. The van der Waals surface area contributed by atoms with Crippen molar-refractivity contribution in [3.63, 3.8) is 0 Å². The lowest BCUT2D eigenvalue weighted by molar-refractivity contribution is 1.20. The van der Waals surface area contributed by atoms with E-state index in [4.69, 9.17) is 0 Å². The maximum Gasteiger partial charge on any atom is 0.0476 e. The van der Waals surface area contributed by atoms with Crippen molar-refractivity contribution >= 4 is 107 Å². The molecule has 2 nitrogen and oxygen atoms in total. The van der Waals surface area contributed by atoms with Gasteiger partial charge in [-0.3, -0.25) is 0 Å². The molecule has 0 saturated heterocycles. The summed E-state index contributed by atoms with van der Waals surface area (Å²) in [5.74, 6) is 0. The van der Waals surface area contributed by atoms with Gasteiger partial charge in [0.15, 0.2) is 0 Å². The van der Waals surface area contributed by atoms with Crippen LogP contribution in [0, 0.1) is 0 Å². The number of aromatic nitrogens is 1. The third kappa shape index (κ3) is 4.26. The Kier molecular flexibility index (Phi) is 6.03. The molecular weight excluding hydrogens is 645 g/mol. The molecule has 0 aliphatic rings. The Bertz CT molecular complexity index is 2920. The summed E-state index contributed by atoms with van der Waals surface area (Å²) in [5, 5.41) is 10.5. The molecule has 234 valence electrons. The molecular formula is C46H28N2S2. The largest absolute Gasteiger partial charge is 0.323 e. The van der Waals surface area contributed by atoms with Gasteiger partial charge in [-0.1, -0.05) is 103 Å². The second-order valence-corrected chi connectivity index (χ2v) is 15.1. The van der Waals surface area contributed by atoms with Gasteiger partial charge in [-0.05, 0) is 81.7 Å². The van der Waals surface area contributed by atoms with E-state index >= 15 is 0 Å². The number of benzene rings is 7. The van der Waals surface area contributed by atoms with Crippen LogP contribution in [0.15, 0.2) is 170 Å². The number of thiophene rings is 2. The Hall–Kier alpha value is -5.94. The summed E-state index contributed by atoms with van der Waals surface area (Å²) in [7, 11) is 0. The van der Waals surface area contributed by atoms with E-state index in [2.05, 4.69) is 179 Å². The first kappa shape index (κ1) is 28.0. The fraction of sp³-hybridized carbons (Fsp3) is 0. The maximum absolute atomic E-state index is 2.42. The fourth-order valence-corrected chi connectivity index (χ4v) is 10.3. The zero-order valence-corrected chi connectivity index (χ0v) is 28.5. The van der Waals surface area contributed by atoms with E-state index in [0.717, 1.165) is 17.1 Å². The molecule has 50 heavy (non-hydrogen) atoms. The van der Waals surface area contributed by atoms with E-state index < -0.39 is 0 Å². The van der Waals surface area contributed by atoms with Crippen LogP contribution in [0.25, 0.3) is 78.5 Å². The minimum Gasteiger partial charge on any atom is -0.323 e. The molecule has 0 aliphatic heterocycles. The van der Waals surface area contributed by atoms with Crippen LogP contribution in [-0.2, 0) is 0 Å². The van der Waals surface area contributed by atoms with Gasteiger partial charge >= 0.3 is 0 Å². The molecule has 0 N–H and O–H groups in total. The number of rotatable bonds is 4. The fourth-order valence-electron chi connectivity index (χ4n) is 7.73. The Morgan fingerprint density at radius 1 is 0.400 bits per heavy atom. The van der Waals surface area contributed by atoms with Crippen LogP contribution >= 0.6 is 22.7 Å². The second-order valence-electron chi connectivity index (χ2n) is 13.0. The average molecular weight is 673 g/mol. The van der Waals surface area contributed by atoms with Gasteiger partial charge in [-0.2, -0.15) is 0 Å². The SMILES string of the molecule is c1ccc2c(c1)ccc1c3ccc(N(c4ccc(-c5cc6ccccn6c5)cc4)c4ccc5c(c4)sc4c6ccccc6ccc54)cc3sc21. The van der Waals surface area contributed by atoms with Crippen molar-refractivity contribution in [2.75, 3.05) is 4.90 Å². The van der Waals surface area contributed by atoms with Crippen LogP contribution in [0.2, 0.25) is 0 Å². The van der Waals surface area contributed by atoms with Crippen LogP contribution in [0.4, 0.5) is 17.1 Å². The summed E-state index contributed by atoms with van der Waals surface area (Å²) in [5.41, 5.74) is 7.06. The highest BCUT2D eigenvalue weighted by Gasteiger charge is 2.18. The molecule has 0 radical (unpaired) electrons. The predicted molar refractivity (Wildman–Crippen MR) is 218 cm³/mol. The summed E-state index contributed by atoms with van der Waals surface area (Å²) in [6.07, 6.45) is 4.31. The van der Waals surface area contributed by atoms with Gasteiger partial charge in [0.05, 0.1) is 0 Å². The molecule has 11 rings (SSSR count). The number of hydrogen-bond donors (Lipinski definition) is 0.